The van der Waals surface area contributed by atoms with E-state index in [1.165, 1.54) is 32.3 Å². The number of carbonyl (C=O) groups is 4. The maximum atomic E-state index is 12.7. The van der Waals surface area contributed by atoms with E-state index in [-0.39, 0.29) is 24.5 Å². The minimum Gasteiger partial charge on any atom is -0.497 e. The number of carboxylic acids is 2. The van der Waals surface area contributed by atoms with Gasteiger partial charge in [-0.05, 0) is 29.1 Å². The maximum absolute atomic E-state index is 12.7. The lowest BCUT2D eigenvalue weighted by Crippen LogP contribution is -2.28. The fourth-order valence-electron chi connectivity index (χ4n) is 4.70. The molecule has 11 nitrogen and oxygen atoms in total. The van der Waals surface area contributed by atoms with E-state index < -0.39 is 23.8 Å². The number of hydrogen-bond acceptors (Lipinski definition) is 9. The van der Waals surface area contributed by atoms with Crippen molar-refractivity contribution in [3.05, 3.63) is 46.3 Å². The van der Waals surface area contributed by atoms with Gasteiger partial charge in [-0.25, -0.2) is 0 Å². The van der Waals surface area contributed by atoms with Crippen LogP contribution in [0.25, 0.3) is 10.1 Å². The van der Waals surface area contributed by atoms with Crippen molar-refractivity contribution < 1.29 is 48.3 Å². The number of rotatable bonds is 15. The summed E-state index contributed by atoms with van der Waals surface area (Å²) in [4.78, 5) is 49.7. The first-order chi connectivity index (χ1) is 20.5. The summed E-state index contributed by atoms with van der Waals surface area (Å²) in [5.74, 6) is -1.77. The van der Waals surface area contributed by atoms with E-state index in [9.17, 15) is 19.2 Å². The predicted molar refractivity (Wildman–Crippen MR) is 158 cm³/mol. The van der Waals surface area contributed by atoms with Crippen LogP contribution in [0.5, 0.6) is 23.0 Å². The van der Waals surface area contributed by atoms with Gasteiger partial charge in [0.05, 0.1) is 44.1 Å². The Morgan fingerprint density at radius 3 is 2.16 bits per heavy atom. The Bertz CT molecular complexity index is 1530. The molecule has 0 fully saturated rings. The molecule has 2 aromatic carbocycles. The molecule has 230 valence electrons. The van der Waals surface area contributed by atoms with Gasteiger partial charge >= 0.3 is 11.9 Å². The smallest absolute Gasteiger partial charge is 0.306 e. The number of amides is 1. The van der Waals surface area contributed by atoms with E-state index in [1.807, 2.05) is 6.07 Å². The molecule has 1 amide bonds. The third-order valence-corrected chi connectivity index (χ3v) is 8.41. The van der Waals surface area contributed by atoms with E-state index in [2.05, 4.69) is 0 Å². The first kappa shape index (κ1) is 31.6. The second kappa shape index (κ2) is 13.8. The number of methoxy groups -OCH3 is 2. The zero-order valence-corrected chi connectivity index (χ0v) is 25.3. The van der Waals surface area contributed by atoms with Gasteiger partial charge in [-0.15, -0.1) is 11.3 Å². The van der Waals surface area contributed by atoms with Crippen molar-refractivity contribution in [2.24, 2.45) is 11.8 Å². The summed E-state index contributed by atoms with van der Waals surface area (Å²) in [5, 5.41) is 19.1. The number of carbonyl (C=O) groups excluding carboxylic acids is 2. The number of Topliss-reactive ketones (excluding diaryl/α,β-unsaturated/α-hetero) is 1. The zero-order valence-electron chi connectivity index (χ0n) is 24.5. The van der Waals surface area contributed by atoms with E-state index in [0.29, 0.717) is 60.6 Å². The van der Waals surface area contributed by atoms with Crippen molar-refractivity contribution in [3.63, 3.8) is 0 Å². The first-order valence-electron chi connectivity index (χ1n) is 13.8. The van der Waals surface area contributed by atoms with Crippen LogP contribution in [-0.2, 0) is 27.5 Å². The van der Waals surface area contributed by atoms with Crippen LogP contribution < -0.4 is 18.9 Å². The molecule has 0 unspecified atom stereocenters. The molecule has 0 saturated carbocycles. The molecule has 0 spiro atoms. The number of benzene rings is 2. The van der Waals surface area contributed by atoms with Gasteiger partial charge in [0.1, 0.15) is 11.5 Å². The molecule has 3 aromatic rings. The van der Waals surface area contributed by atoms with E-state index in [4.69, 9.17) is 29.2 Å². The minimum atomic E-state index is -1.01. The van der Waals surface area contributed by atoms with Crippen molar-refractivity contribution in [2.75, 3.05) is 27.4 Å². The van der Waals surface area contributed by atoms with Crippen molar-refractivity contribution in [1.82, 2.24) is 4.90 Å². The Morgan fingerprint density at radius 1 is 0.837 bits per heavy atom. The molecule has 0 bridgehead atoms. The normalized spacial score (nSPS) is 13.7. The molecule has 4 rings (SSSR count). The zero-order chi connectivity index (χ0) is 31.3. The van der Waals surface area contributed by atoms with Gasteiger partial charge in [0, 0.05) is 54.7 Å². The summed E-state index contributed by atoms with van der Waals surface area (Å²) in [6, 6.07) is 8.97. The summed E-state index contributed by atoms with van der Waals surface area (Å²) >= 11 is 1.29. The maximum Gasteiger partial charge on any atom is 0.306 e. The average molecular weight is 614 g/mol. The summed E-state index contributed by atoms with van der Waals surface area (Å²) < 4.78 is 23.8. The Kier molecular flexibility index (Phi) is 10.1. The second-order valence-corrected chi connectivity index (χ2v) is 11.6. The number of carboxylic acid groups (broad SMARTS) is 2. The molecule has 0 radical (unpaired) electrons. The van der Waals surface area contributed by atoms with Gasteiger partial charge in [0.15, 0.2) is 17.3 Å². The number of aliphatic carboxylic acids is 2. The van der Waals surface area contributed by atoms with Crippen LogP contribution in [0.2, 0.25) is 0 Å². The number of thiophene rings is 1. The monoisotopic (exact) mass is 613 g/mol. The van der Waals surface area contributed by atoms with Gasteiger partial charge in [-0.3, -0.25) is 19.2 Å². The van der Waals surface area contributed by atoms with Crippen LogP contribution >= 0.6 is 11.3 Å². The highest BCUT2D eigenvalue weighted by Gasteiger charge is 2.29. The molecular weight excluding hydrogens is 578 g/mol. The summed E-state index contributed by atoms with van der Waals surface area (Å²) in [6.45, 7) is 4.35. The van der Waals surface area contributed by atoms with Crippen LogP contribution in [0.3, 0.4) is 0 Å². The topological polar surface area (TPSA) is 149 Å². The van der Waals surface area contributed by atoms with Crippen LogP contribution in [0.4, 0.5) is 0 Å². The van der Waals surface area contributed by atoms with Gasteiger partial charge in [-0.2, -0.15) is 0 Å². The van der Waals surface area contributed by atoms with Crippen LogP contribution in [0.1, 0.15) is 53.9 Å². The molecule has 2 heterocycles. The summed E-state index contributed by atoms with van der Waals surface area (Å²) in [7, 11) is 3.09. The molecule has 1 aromatic heterocycles. The van der Waals surface area contributed by atoms with Crippen LogP contribution in [-0.4, -0.2) is 66.2 Å². The van der Waals surface area contributed by atoms with Gasteiger partial charge < -0.3 is 34.1 Å². The van der Waals surface area contributed by atoms with Crippen molar-refractivity contribution in [3.8, 4) is 23.0 Å². The highest BCUT2D eigenvalue weighted by molar-refractivity contribution is 7.20. The summed E-state index contributed by atoms with van der Waals surface area (Å²) in [5.41, 5.74) is 1.76. The number of fused-ring (bicyclic) bond motifs is 2. The fraction of sp³-hybridized carbons (Fsp3) is 0.419. The van der Waals surface area contributed by atoms with Crippen molar-refractivity contribution in [1.29, 1.82) is 0 Å². The SMILES string of the molecule is COc1cc2c(c(OCCCOc3cc4cc(C(=O)C[C@H](C)C(=O)O)sc4cc3OC)c1)CN(C(=O)C[C@H](C)C(=O)O)C2. The lowest BCUT2D eigenvalue weighted by Gasteiger charge is -2.17. The number of hydrogen-bond donors (Lipinski definition) is 2. The van der Waals surface area contributed by atoms with Crippen LogP contribution in [0.15, 0.2) is 30.3 Å². The lowest BCUT2D eigenvalue weighted by atomic mass is 10.0. The third kappa shape index (κ3) is 7.56. The van der Waals surface area contributed by atoms with E-state index >= 15 is 0 Å². The molecule has 0 aliphatic carbocycles. The Balaban J connectivity index is 1.36. The Morgan fingerprint density at radius 2 is 1.51 bits per heavy atom. The van der Waals surface area contributed by atoms with Crippen molar-refractivity contribution in [2.45, 2.75) is 46.2 Å². The predicted octanol–water partition coefficient (Wildman–Crippen LogP) is 5.01. The third-order valence-electron chi connectivity index (χ3n) is 7.27. The van der Waals surface area contributed by atoms with Crippen LogP contribution in [0, 0.1) is 11.8 Å². The highest BCUT2D eigenvalue weighted by Crippen LogP contribution is 2.38. The van der Waals surface area contributed by atoms with E-state index in [1.54, 1.807) is 36.3 Å². The molecule has 2 N–H and O–H groups in total. The largest absolute Gasteiger partial charge is 0.497 e. The molecule has 1 aliphatic rings. The molecule has 1 aliphatic heterocycles. The molecular formula is C31H35NO10S. The number of nitrogens with zero attached hydrogens (tertiary/aromatic N) is 1. The minimum absolute atomic E-state index is 0.0720. The lowest BCUT2D eigenvalue weighted by molar-refractivity contribution is -0.145. The Hall–Kier alpha value is -4.32. The van der Waals surface area contributed by atoms with Crippen molar-refractivity contribution >= 4 is 45.1 Å². The summed E-state index contributed by atoms with van der Waals surface area (Å²) in [6.07, 6.45) is 0.389. The molecule has 43 heavy (non-hydrogen) atoms. The molecule has 0 saturated heterocycles. The van der Waals surface area contributed by atoms with Gasteiger partial charge in [0.2, 0.25) is 5.91 Å². The second-order valence-electron chi connectivity index (χ2n) is 10.5. The Labute approximate surface area is 252 Å². The first-order valence-corrected chi connectivity index (χ1v) is 14.7. The number of ketones is 1. The van der Waals surface area contributed by atoms with E-state index in [0.717, 1.165) is 21.2 Å². The molecule has 12 heteroatoms. The average Bonchev–Trinajstić information content (AvgIpc) is 3.60. The van der Waals surface area contributed by atoms with Gasteiger partial charge in [-0.1, -0.05) is 13.8 Å². The molecule has 2 atom stereocenters. The fourth-order valence-corrected chi connectivity index (χ4v) is 5.72. The quantitative estimate of drug-likeness (QED) is 0.177. The van der Waals surface area contributed by atoms with Gasteiger partial charge in [0.25, 0.3) is 0 Å². The number of ether oxygens (including phenoxy) is 4. The standard InChI is InChI=1S/C31H35NO10S/c1-17(30(35)36)8-23(33)28-12-19-11-26(25(40-4)14-27(19)43-28)42-7-5-6-41-24-13-21(39-3)10-20-15-32(16-22(20)24)29(34)9-18(2)31(37)38/h10-14,17-18H,5-9,15-16H2,1-4H3,(H,35,36)(H,37,38)/t17-,18-/m0/s1. The highest BCUT2D eigenvalue weighted by atomic mass is 32.1.